The van der Waals surface area contributed by atoms with E-state index in [9.17, 15) is 9.59 Å². The van der Waals surface area contributed by atoms with E-state index in [0.717, 1.165) is 19.6 Å². The standard InChI is InChI=1S/C20H25Cl2N3O3/c1-3-23-8-10-24(11-9-23)18-17(15-6-5-14(21)13-16(15)22)19(26)25(20(18)27)7-4-12-28-2/h5-6,13H,3-4,7-12H2,1-2H3. The van der Waals surface area contributed by atoms with Crippen LogP contribution in [0, 0.1) is 0 Å². The van der Waals surface area contributed by atoms with Gasteiger partial charge < -0.3 is 14.5 Å². The van der Waals surface area contributed by atoms with E-state index in [1.165, 1.54) is 4.90 Å². The van der Waals surface area contributed by atoms with Gasteiger partial charge in [0.1, 0.15) is 5.70 Å². The summed E-state index contributed by atoms with van der Waals surface area (Å²) in [7, 11) is 1.60. The number of nitrogens with zero attached hydrogens (tertiary/aromatic N) is 3. The van der Waals surface area contributed by atoms with Gasteiger partial charge in [0.15, 0.2) is 0 Å². The summed E-state index contributed by atoms with van der Waals surface area (Å²) in [5.41, 5.74) is 1.36. The second-order valence-electron chi connectivity index (χ2n) is 6.88. The summed E-state index contributed by atoms with van der Waals surface area (Å²) >= 11 is 12.4. The van der Waals surface area contributed by atoms with Gasteiger partial charge in [0.05, 0.1) is 10.6 Å². The van der Waals surface area contributed by atoms with E-state index in [0.29, 0.717) is 59.5 Å². The van der Waals surface area contributed by atoms with E-state index in [1.54, 1.807) is 25.3 Å². The molecule has 3 rings (SSSR count). The van der Waals surface area contributed by atoms with Crippen molar-refractivity contribution >= 4 is 40.6 Å². The monoisotopic (exact) mass is 425 g/mol. The molecule has 0 aromatic heterocycles. The summed E-state index contributed by atoms with van der Waals surface area (Å²) in [6, 6.07) is 5.00. The first-order valence-electron chi connectivity index (χ1n) is 9.50. The molecule has 0 spiro atoms. The summed E-state index contributed by atoms with van der Waals surface area (Å²) in [5, 5.41) is 0.855. The average molecular weight is 426 g/mol. The number of hydrogen-bond donors (Lipinski definition) is 0. The fourth-order valence-electron chi connectivity index (χ4n) is 3.65. The number of likely N-dealkylation sites (N-methyl/N-ethyl adjacent to an activating group) is 1. The topological polar surface area (TPSA) is 53.1 Å². The Labute approximate surface area is 175 Å². The smallest absolute Gasteiger partial charge is 0.277 e. The van der Waals surface area contributed by atoms with Gasteiger partial charge >= 0.3 is 0 Å². The highest BCUT2D eigenvalue weighted by Gasteiger charge is 2.42. The molecule has 0 bridgehead atoms. The van der Waals surface area contributed by atoms with Gasteiger partial charge in [0.2, 0.25) is 0 Å². The largest absolute Gasteiger partial charge is 0.385 e. The maximum absolute atomic E-state index is 13.2. The number of amides is 2. The lowest BCUT2D eigenvalue weighted by molar-refractivity contribution is -0.137. The number of imide groups is 1. The van der Waals surface area contributed by atoms with Crippen molar-refractivity contribution in [2.24, 2.45) is 0 Å². The lowest BCUT2D eigenvalue weighted by Gasteiger charge is -2.36. The molecule has 0 radical (unpaired) electrons. The van der Waals surface area contributed by atoms with Crippen molar-refractivity contribution in [2.75, 3.05) is 53.0 Å². The highest BCUT2D eigenvalue weighted by atomic mass is 35.5. The zero-order chi connectivity index (χ0) is 20.3. The second kappa shape index (κ2) is 9.27. The van der Waals surface area contributed by atoms with Crippen molar-refractivity contribution in [3.8, 4) is 0 Å². The van der Waals surface area contributed by atoms with E-state index in [4.69, 9.17) is 27.9 Å². The minimum absolute atomic E-state index is 0.257. The van der Waals surface area contributed by atoms with E-state index in [-0.39, 0.29) is 11.8 Å². The maximum Gasteiger partial charge on any atom is 0.277 e. The van der Waals surface area contributed by atoms with Crippen LogP contribution in [0.2, 0.25) is 10.0 Å². The first-order chi connectivity index (χ1) is 13.5. The Morgan fingerprint density at radius 3 is 2.39 bits per heavy atom. The predicted octanol–water partition coefficient (Wildman–Crippen LogP) is 2.75. The third kappa shape index (κ3) is 4.20. The molecular weight excluding hydrogens is 401 g/mol. The number of halogens is 2. The first kappa shape index (κ1) is 21.1. The number of piperazine rings is 1. The number of ether oxygens (including phenoxy) is 1. The summed E-state index contributed by atoms with van der Waals surface area (Å²) in [4.78, 5) is 32.0. The molecule has 28 heavy (non-hydrogen) atoms. The molecule has 1 saturated heterocycles. The zero-order valence-electron chi connectivity index (χ0n) is 16.2. The molecule has 2 aliphatic heterocycles. The maximum atomic E-state index is 13.2. The van der Waals surface area contributed by atoms with Crippen LogP contribution in [0.1, 0.15) is 18.9 Å². The quantitative estimate of drug-likeness (QED) is 0.496. The molecule has 2 amide bonds. The minimum Gasteiger partial charge on any atom is -0.385 e. The van der Waals surface area contributed by atoms with Crippen molar-refractivity contribution in [1.82, 2.24) is 14.7 Å². The van der Waals surface area contributed by atoms with E-state index >= 15 is 0 Å². The summed E-state index contributed by atoms with van der Waals surface area (Å²) in [6.07, 6.45) is 0.590. The molecule has 1 aromatic carbocycles. The molecule has 2 aliphatic rings. The highest BCUT2D eigenvalue weighted by Crippen LogP contribution is 2.36. The number of carbonyl (C=O) groups is 2. The van der Waals surface area contributed by atoms with Gasteiger partial charge in [-0.25, -0.2) is 0 Å². The fourth-order valence-corrected chi connectivity index (χ4v) is 4.15. The Hall–Kier alpha value is -1.60. The molecule has 0 N–H and O–H groups in total. The van der Waals surface area contributed by atoms with Crippen LogP contribution >= 0.6 is 23.2 Å². The van der Waals surface area contributed by atoms with Crippen molar-refractivity contribution in [3.05, 3.63) is 39.5 Å². The van der Waals surface area contributed by atoms with Gasteiger partial charge in [-0.1, -0.05) is 36.2 Å². The van der Waals surface area contributed by atoms with Gasteiger partial charge in [-0.15, -0.1) is 0 Å². The third-order valence-electron chi connectivity index (χ3n) is 5.21. The number of benzene rings is 1. The second-order valence-corrected chi connectivity index (χ2v) is 7.72. The normalized spacial score (nSPS) is 18.6. The molecular formula is C20H25Cl2N3O3. The van der Waals surface area contributed by atoms with Crippen LogP contribution in [-0.2, 0) is 14.3 Å². The SMILES string of the molecule is CCN1CCN(C2=C(c3ccc(Cl)cc3Cl)C(=O)N(CCCOC)C2=O)CC1. The lowest BCUT2D eigenvalue weighted by atomic mass is 10.0. The molecule has 2 heterocycles. The summed E-state index contributed by atoms with van der Waals surface area (Å²) in [5.74, 6) is -0.565. The predicted molar refractivity (Wildman–Crippen MR) is 110 cm³/mol. The Bertz CT molecular complexity index is 789. The lowest BCUT2D eigenvalue weighted by Crippen LogP contribution is -2.47. The third-order valence-corrected chi connectivity index (χ3v) is 5.76. The Morgan fingerprint density at radius 1 is 1.07 bits per heavy atom. The van der Waals surface area contributed by atoms with E-state index < -0.39 is 0 Å². The van der Waals surface area contributed by atoms with Gasteiger partial charge in [-0.3, -0.25) is 14.5 Å². The summed E-state index contributed by atoms with van der Waals surface area (Å²) < 4.78 is 5.07. The number of rotatable bonds is 7. The molecule has 0 unspecified atom stereocenters. The van der Waals surface area contributed by atoms with Crippen LogP contribution in [-0.4, -0.2) is 79.5 Å². The number of hydrogen-bond acceptors (Lipinski definition) is 5. The summed E-state index contributed by atoms with van der Waals surface area (Å²) in [6.45, 7) is 7.00. The van der Waals surface area contributed by atoms with Crippen LogP contribution in [0.15, 0.2) is 23.9 Å². The van der Waals surface area contributed by atoms with Gasteiger partial charge in [0.25, 0.3) is 11.8 Å². The molecule has 1 aromatic rings. The van der Waals surface area contributed by atoms with Crippen LogP contribution in [0.5, 0.6) is 0 Å². The molecule has 8 heteroatoms. The van der Waals surface area contributed by atoms with E-state index in [1.807, 2.05) is 4.90 Å². The Kier molecular flexibility index (Phi) is 6.99. The molecule has 152 valence electrons. The number of carbonyl (C=O) groups excluding carboxylic acids is 2. The molecule has 6 nitrogen and oxygen atoms in total. The van der Waals surface area contributed by atoms with Gasteiger partial charge in [0, 0.05) is 57.0 Å². The van der Waals surface area contributed by atoms with Crippen molar-refractivity contribution in [3.63, 3.8) is 0 Å². The first-order valence-corrected chi connectivity index (χ1v) is 10.3. The van der Waals surface area contributed by atoms with Crippen molar-refractivity contribution < 1.29 is 14.3 Å². The van der Waals surface area contributed by atoms with Crippen molar-refractivity contribution in [2.45, 2.75) is 13.3 Å². The molecule has 0 aliphatic carbocycles. The van der Waals surface area contributed by atoms with E-state index in [2.05, 4.69) is 11.8 Å². The number of methoxy groups -OCH3 is 1. The highest BCUT2D eigenvalue weighted by molar-refractivity contribution is 6.41. The van der Waals surface area contributed by atoms with Crippen molar-refractivity contribution in [1.29, 1.82) is 0 Å². The van der Waals surface area contributed by atoms with Crippen LogP contribution < -0.4 is 0 Å². The minimum atomic E-state index is -0.307. The molecule has 0 saturated carbocycles. The Balaban J connectivity index is 1.98. The van der Waals surface area contributed by atoms with Crippen LogP contribution in [0.3, 0.4) is 0 Å². The molecule has 1 fully saturated rings. The van der Waals surface area contributed by atoms with Crippen LogP contribution in [0.4, 0.5) is 0 Å². The van der Waals surface area contributed by atoms with Gasteiger partial charge in [-0.2, -0.15) is 0 Å². The average Bonchev–Trinajstić information content (AvgIpc) is 2.93. The zero-order valence-corrected chi connectivity index (χ0v) is 17.7. The van der Waals surface area contributed by atoms with Gasteiger partial charge in [-0.05, 0) is 25.1 Å². The Morgan fingerprint density at radius 2 is 1.79 bits per heavy atom. The van der Waals surface area contributed by atoms with Crippen LogP contribution in [0.25, 0.3) is 5.57 Å². The fraction of sp³-hybridized carbons (Fsp3) is 0.500. The molecule has 0 atom stereocenters.